The summed E-state index contributed by atoms with van der Waals surface area (Å²) in [6.07, 6.45) is 5.56. The molecule has 0 spiro atoms. The van der Waals surface area contributed by atoms with Crippen LogP contribution in [0.5, 0.6) is 0 Å². The molecule has 1 aliphatic rings. The Hall–Kier alpha value is -1.07. The summed E-state index contributed by atoms with van der Waals surface area (Å²) in [4.78, 5) is 18.3. The summed E-state index contributed by atoms with van der Waals surface area (Å²) in [6.45, 7) is 2.14. The Labute approximate surface area is 124 Å². The highest BCUT2D eigenvalue weighted by Crippen LogP contribution is 2.21. The lowest BCUT2D eigenvalue weighted by molar-refractivity contribution is -0.128. The number of aromatic nitrogens is 1. The van der Waals surface area contributed by atoms with Crippen molar-refractivity contribution in [1.29, 1.82) is 0 Å². The topological polar surface area (TPSA) is 42.4 Å². The number of hydrogen-bond acceptors (Lipinski definition) is 4. The van der Waals surface area contributed by atoms with Gasteiger partial charge >= 0.3 is 0 Å². The molecule has 1 aromatic heterocycles. The van der Waals surface area contributed by atoms with E-state index in [1.54, 1.807) is 18.9 Å². The third-order valence-electron chi connectivity index (χ3n) is 3.55. The van der Waals surface area contributed by atoms with Gasteiger partial charge in [0, 0.05) is 44.3 Å². The maximum atomic E-state index is 11.9. The van der Waals surface area contributed by atoms with Crippen molar-refractivity contribution in [3.63, 3.8) is 0 Å². The fourth-order valence-electron chi connectivity index (χ4n) is 2.53. The molecule has 4 nitrogen and oxygen atoms in total. The Kier molecular flexibility index (Phi) is 5.86. The SMILES string of the molecule is COCCN1C[C@H](Cc2ccc(CSC)cn2)CC1=O. The monoisotopic (exact) mass is 294 g/mol. The molecule has 110 valence electrons. The number of thioether (sulfide) groups is 1. The zero-order valence-corrected chi connectivity index (χ0v) is 13.0. The van der Waals surface area contributed by atoms with E-state index in [1.165, 1.54) is 5.56 Å². The minimum absolute atomic E-state index is 0.242. The number of carbonyl (C=O) groups is 1. The molecule has 0 aliphatic carbocycles. The molecule has 0 saturated carbocycles. The van der Waals surface area contributed by atoms with Crippen LogP contribution in [0.2, 0.25) is 0 Å². The standard InChI is InChI=1S/C15H22N2O2S/c1-19-6-5-17-10-13(8-15(17)18)7-14-4-3-12(9-16-14)11-20-2/h3-4,9,13H,5-8,10-11H2,1-2H3/t13-/m1/s1. The molecule has 0 N–H and O–H groups in total. The van der Waals surface area contributed by atoms with Crippen molar-refractivity contribution in [2.24, 2.45) is 5.92 Å². The van der Waals surface area contributed by atoms with Crippen molar-refractivity contribution >= 4 is 17.7 Å². The molecule has 2 rings (SSSR count). The van der Waals surface area contributed by atoms with E-state index in [4.69, 9.17) is 4.74 Å². The van der Waals surface area contributed by atoms with Crippen LogP contribution in [-0.2, 0) is 21.7 Å². The second-order valence-electron chi connectivity index (χ2n) is 5.20. The Morgan fingerprint density at radius 2 is 2.35 bits per heavy atom. The summed E-state index contributed by atoms with van der Waals surface area (Å²) >= 11 is 1.80. The molecular formula is C15H22N2O2S. The normalized spacial score (nSPS) is 18.8. The van der Waals surface area contributed by atoms with Crippen LogP contribution in [0.4, 0.5) is 0 Å². The Morgan fingerprint density at radius 1 is 1.50 bits per heavy atom. The first-order valence-corrected chi connectivity index (χ1v) is 8.31. The molecule has 2 heterocycles. The van der Waals surface area contributed by atoms with Crippen LogP contribution in [0.3, 0.4) is 0 Å². The molecule has 1 amide bonds. The highest BCUT2D eigenvalue weighted by molar-refractivity contribution is 7.97. The second-order valence-corrected chi connectivity index (χ2v) is 6.06. The van der Waals surface area contributed by atoms with Crippen LogP contribution in [-0.4, -0.2) is 48.9 Å². The van der Waals surface area contributed by atoms with Gasteiger partial charge in [-0.05, 0) is 30.2 Å². The number of ether oxygens (including phenoxy) is 1. The van der Waals surface area contributed by atoms with Crippen LogP contribution in [0.25, 0.3) is 0 Å². The average Bonchev–Trinajstić information content (AvgIpc) is 2.79. The number of hydrogen-bond donors (Lipinski definition) is 0. The van der Waals surface area contributed by atoms with Crippen LogP contribution in [0.15, 0.2) is 18.3 Å². The molecule has 0 radical (unpaired) electrons. The largest absolute Gasteiger partial charge is 0.383 e. The molecule has 0 unspecified atom stereocenters. The summed E-state index contributed by atoms with van der Waals surface area (Å²) in [5.74, 6) is 1.63. The lowest BCUT2D eigenvalue weighted by atomic mass is 10.0. The molecule has 1 fully saturated rings. The van der Waals surface area contributed by atoms with Gasteiger partial charge in [-0.25, -0.2) is 0 Å². The Bertz CT molecular complexity index is 436. The molecule has 0 aromatic carbocycles. The van der Waals surface area contributed by atoms with Crippen molar-refractivity contribution in [3.8, 4) is 0 Å². The van der Waals surface area contributed by atoms with Gasteiger partial charge in [0.25, 0.3) is 0 Å². The highest BCUT2D eigenvalue weighted by Gasteiger charge is 2.29. The molecular weight excluding hydrogens is 272 g/mol. The van der Waals surface area contributed by atoms with Gasteiger partial charge in [0.2, 0.25) is 5.91 Å². The zero-order chi connectivity index (χ0) is 14.4. The average molecular weight is 294 g/mol. The van der Waals surface area contributed by atoms with E-state index in [-0.39, 0.29) is 5.91 Å². The van der Waals surface area contributed by atoms with Crippen molar-refractivity contribution < 1.29 is 9.53 Å². The van der Waals surface area contributed by atoms with E-state index in [2.05, 4.69) is 23.4 Å². The second kappa shape index (κ2) is 7.64. The number of carbonyl (C=O) groups excluding carboxylic acids is 1. The number of nitrogens with zero attached hydrogens (tertiary/aromatic N) is 2. The summed E-state index contributed by atoms with van der Waals surface area (Å²) in [7, 11) is 1.66. The minimum Gasteiger partial charge on any atom is -0.383 e. The molecule has 20 heavy (non-hydrogen) atoms. The molecule has 1 saturated heterocycles. The number of pyridine rings is 1. The maximum absolute atomic E-state index is 11.9. The fraction of sp³-hybridized carbons (Fsp3) is 0.600. The summed E-state index contributed by atoms with van der Waals surface area (Å²) in [5, 5.41) is 0. The predicted octanol–water partition coefficient (Wildman–Crippen LogP) is 1.98. The highest BCUT2D eigenvalue weighted by atomic mass is 32.2. The third-order valence-corrected chi connectivity index (χ3v) is 4.18. The number of amides is 1. The first-order valence-electron chi connectivity index (χ1n) is 6.92. The van der Waals surface area contributed by atoms with E-state index in [0.29, 0.717) is 25.5 Å². The summed E-state index contributed by atoms with van der Waals surface area (Å²) < 4.78 is 5.03. The van der Waals surface area contributed by atoms with Gasteiger partial charge in [0.15, 0.2) is 0 Å². The Balaban J connectivity index is 1.86. The van der Waals surface area contributed by atoms with E-state index < -0.39 is 0 Å². The van der Waals surface area contributed by atoms with Gasteiger partial charge in [-0.15, -0.1) is 0 Å². The van der Waals surface area contributed by atoms with E-state index in [9.17, 15) is 4.79 Å². The fourth-order valence-corrected chi connectivity index (χ4v) is 3.04. The first-order chi connectivity index (χ1) is 9.72. The molecule has 1 aromatic rings. The van der Waals surface area contributed by atoms with Crippen molar-refractivity contribution in [1.82, 2.24) is 9.88 Å². The smallest absolute Gasteiger partial charge is 0.223 e. The lowest BCUT2D eigenvalue weighted by Gasteiger charge is -2.15. The molecule has 5 heteroatoms. The van der Waals surface area contributed by atoms with Crippen LogP contribution in [0, 0.1) is 5.92 Å². The van der Waals surface area contributed by atoms with Gasteiger partial charge < -0.3 is 9.64 Å². The van der Waals surface area contributed by atoms with E-state index in [0.717, 1.165) is 24.4 Å². The summed E-state index contributed by atoms with van der Waals surface area (Å²) in [6, 6.07) is 4.23. The number of methoxy groups -OCH3 is 1. The van der Waals surface area contributed by atoms with Gasteiger partial charge in [-0.2, -0.15) is 11.8 Å². The maximum Gasteiger partial charge on any atom is 0.223 e. The number of rotatable bonds is 7. The molecule has 1 aliphatic heterocycles. The van der Waals surface area contributed by atoms with Crippen molar-refractivity contribution in [2.45, 2.75) is 18.6 Å². The van der Waals surface area contributed by atoms with Crippen LogP contribution >= 0.6 is 11.8 Å². The molecule has 0 bridgehead atoms. The summed E-state index contributed by atoms with van der Waals surface area (Å²) in [5.41, 5.74) is 2.34. The first kappa shape index (κ1) is 15.3. The number of likely N-dealkylation sites (tertiary alicyclic amines) is 1. The van der Waals surface area contributed by atoms with Crippen LogP contribution < -0.4 is 0 Å². The quantitative estimate of drug-likeness (QED) is 0.771. The van der Waals surface area contributed by atoms with Gasteiger partial charge in [0.05, 0.1) is 6.61 Å². The van der Waals surface area contributed by atoms with E-state index >= 15 is 0 Å². The third kappa shape index (κ3) is 4.21. The minimum atomic E-state index is 0.242. The van der Waals surface area contributed by atoms with Crippen molar-refractivity contribution in [2.75, 3.05) is 33.1 Å². The van der Waals surface area contributed by atoms with Crippen molar-refractivity contribution in [3.05, 3.63) is 29.6 Å². The van der Waals surface area contributed by atoms with Gasteiger partial charge in [-0.3, -0.25) is 9.78 Å². The zero-order valence-electron chi connectivity index (χ0n) is 12.2. The molecule has 1 atom stereocenters. The van der Waals surface area contributed by atoms with Crippen LogP contribution in [0.1, 0.15) is 17.7 Å². The van der Waals surface area contributed by atoms with Gasteiger partial charge in [0.1, 0.15) is 0 Å². The Morgan fingerprint density at radius 3 is 3.00 bits per heavy atom. The van der Waals surface area contributed by atoms with Gasteiger partial charge in [-0.1, -0.05) is 6.07 Å². The van der Waals surface area contributed by atoms with E-state index in [1.807, 2.05) is 11.1 Å². The predicted molar refractivity (Wildman–Crippen MR) is 81.7 cm³/mol. The lowest BCUT2D eigenvalue weighted by Crippen LogP contribution is -2.28.